The van der Waals surface area contributed by atoms with Gasteiger partial charge in [-0.1, -0.05) is 54.6 Å². The maximum Gasteiger partial charge on any atom is 0.199 e. The molecule has 164 valence electrons. The quantitative estimate of drug-likeness (QED) is 0.371. The molecule has 0 amide bonds. The van der Waals surface area contributed by atoms with E-state index in [0.717, 1.165) is 67.6 Å². The fourth-order valence-electron chi connectivity index (χ4n) is 4.78. The highest BCUT2D eigenvalue weighted by molar-refractivity contribution is 5.87. The lowest BCUT2D eigenvalue weighted by molar-refractivity contribution is 0.180. The summed E-state index contributed by atoms with van der Waals surface area (Å²) in [6.45, 7) is 3.23. The second-order valence-corrected chi connectivity index (χ2v) is 8.65. The van der Waals surface area contributed by atoms with Gasteiger partial charge in [0.2, 0.25) is 0 Å². The molecule has 0 atom stereocenters. The summed E-state index contributed by atoms with van der Waals surface area (Å²) >= 11 is 0. The van der Waals surface area contributed by atoms with Crippen molar-refractivity contribution in [1.29, 1.82) is 0 Å². The number of hydrogen-bond acceptors (Lipinski definition) is 3. The monoisotopic (exact) mass is 426 g/mol. The SMILES string of the molecule is Oc1c2ccccc2cn1C1CCN(CCCc2ccccc2Oc2ccccc2)CC1. The number of nitrogens with zero attached hydrogens (tertiary/aromatic N) is 2. The molecule has 32 heavy (non-hydrogen) atoms. The Morgan fingerprint density at radius 1 is 0.844 bits per heavy atom. The van der Waals surface area contributed by atoms with Gasteiger partial charge in [-0.05, 0) is 62.1 Å². The first-order chi connectivity index (χ1) is 15.8. The number of fused-ring (bicyclic) bond motifs is 1. The first kappa shape index (κ1) is 20.7. The van der Waals surface area contributed by atoms with E-state index in [2.05, 4.69) is 39.9 Å². The van der Waals surface area contributed by atoms with Gasteiger partial charge in [0.05, 0.1) is 0 Å². The number of piperidine rings is 1. The number of hydrogen-bond donors (Lipinski definition) is 1. The largest absolute Gasteiger partial charge is 0.494 e. The molecule has 1 saturated heterocycles. The van der Waals surface area contributed by atoms with Gasteiger partial charge in [-0.3, -0.25) is 0 Å². The van der Waals surface area contributed by atoms with Gasteiger partial charge in [0.1, 0.15) is 11.5 Å². The van der Waals surface area contributed by atoms with Crippen LogP contribution in [0.4, 0.5) is 0 Å². The number of aromatic nitrogens is 1. The summed E-state index contributed by atoms with van der Waals surface area (Å²) in [6, 6.07) is 26.8. The first-order valence-corrected chi connectivity index (χ1v) is 11.6. The van der Waals surface area contributed by atoms with E-state index < -0.39 is 0 Å². The van der Waals surface area contributed by atoms with Crippen LogP contribution < -0.4 is 4.74 Å². The predicted octanol–water partition coefficient (Wildman–Crippen LogP) is 6.41. The Hall–Kier alpha value is -3.24. The van der Waals surface area contributed by atoms with Gasteiger partial charge in [0, 0.05) is 36.1 Å². The second-order valence-electron chi connectivity index (χ2n) is 8.65. The number of ether oxygens (including phenoxy) is 1. The van der Waals surface area contributed by atoms with Gasteiger partial charge in [0.25, 0.3) is 0 Å². The Bertz CT molecular complexity index is 1160. The zero-order valence-electron chi connectivity index (χ0n) is 18.4. The molecule has 4 aromatic rings. The van der Waals surface area contributed by atoms with E-state index in [-0.39, 0.29) is 0 Å². The molecule has 1 aliphatic heterocycles. The number of para-hydroxylation sites is 2. The summed E-state index contributed by atoms with van der Waals surface area (Å²) in [5, 5.41) is 12.7. The van der Waals surface area contributed by atoms with E-state index in [1.54, 1.807) is 0 Å². The smallest absolute Gasteiger partial charge is 0.199 e. The lowest BCUT2D eigenvalue weighted by atomic mass is 10.0. The molecule has 1 aromatic heterocycles. The normalized spacial score (nSPS) is 15.2. The van der Waals surface area contributed by atoms with Gasteiger partial charge in [-0.15, -0.1) is 0 Å². The molecule has 0 radical (unpaired) electrons. The maximum atomic E-state index is 10.6. The van der Waals surface area contributed by atoms with E-state index in [0.29, 0.717) is 11.9 Å². The van der Waals surface area contributed by atoms with Crippen LogP contribution in [0, 0.1) is 0 Å². The summed E-state index contributed by atoms with van der Waals surface area (Å²) in [4.78, 5) is 2.55. The van der Waals surface area contributed by atoms with E-state index in [1.165, 1.54) is 5.56 Å². The average Bonchev–Trinajstić information content (AvgIpc) is 3.18. The molecule has 5 rings (SSSR count). The maximum absolute atomic E-state index is 10.6. The molecule has 4 heteroatoms. The minimum absolute atomic E-state index is 0.374. The molecule has 1 aliphatic rings. The zero-order chi connectivity index (χ0) is 21.8. The molecule has 0 unspecified atom stereocenters. The molecule has 0 aliphatic carbocycles. The zero-order valence-corrected chi connectivity index (χ0v) is 18.4. The number of rotatable bonds is 7. The number of likely N-dealkylation sites (tertiary alicyclic amines) is 1. The second kappa shape index (κ2) is 9.49. The van der Waals surface area contributed by atoms with E-state index in [1.807, 2.05) is 54.6 Å². The minimum atomic E-state index is 0.374. The van der Waals surface area contributed by atoms with Crippen molar-refractivity contribution in [2.75, 3.05) is 19.6 Å². The molecule has 3 aromatic carbocycles. The molecule has 4 nitrogen and oxygen atoms in total. The first-order valence-electron chi connectivity index (χ1n) is 11.6. The van der Waals surface area contributed by atoms with Gasteiger partial charge < -0.3 is 19.3 Å². The lowest BCUT2D eigenvalue weighted by Crippen LogP contribution is -2.35. The van der Waals surface area contributed by atoms with Gasteiger partial charge in [-0.25, -0.2) is 0 Å². The lowest BCUT2D eigenvalue weighted by Gasteiger charge is -2.33. The fourth-order valence-corrected chi connectivity index (χ4v) is 4.78. The van der Waals surface area contributed by atoms with Crippen molar-refractivity contribution in [3.05, 3.63) is 90.6 Å². The van der Waals surface area contributed by atoms with Crippen LogP contribution in [0.5, 0.6) is 17.4 Å². The van der Waals surface area contributed by atoms with Crippen LogP contribution in [0.1, 0.15) is 30.9 Å². The molecule has 1 fully saturated rings. The Kier molecular flexibility index (Phi) is 6.13. The summed E-state index contributed by atoms with van der Waals surface area (Å²) in [6.07, 6.45) is 6.37. The highest BCUT2D eigenvalue weighted by Gasteiger charge is 2.23. The molecule has 2 heterocycles. The standard InChI is InChI=1S/C28H30N2O2/c31-28-26-14-6-4-10-23(26)21-30(28)24-16-19-29(20-17-24)18-8-11-22-9-5-7-15-27(22)32-25-12-2-1-3-13-25/h1-7,9-10,12-15,21,24,31H,8,11,16-20H2. The molecule has 0 spiro atoms. The van der Waals surface area contributed by atoms with Gasteiger partial charge in [0.15, 0.2) is 5.88 Å². The van der Waals surface area contributed by atoms with E-state index in [4.69, 9.17) is 4.74 Å². The van der Waals surface area contributed by atoms with Gasteiger partial charge in [-0.2, -0.15) is 0 Å². The molecular formula is C28H30N2O2. The Balaban J connectivity index is 1.14. The number of aromatic hydroxyl groups is 1. The fraction of sp³-hybridized carbons (Fsp3) is 0.286. The third-order valence-electron chi connectivity index (χ3n) is 6.54. The third kappa shape index (κ3) is 4.51. The summed E-state index contributed by atoms with van der Waals surface area (Å²) in [7, 11) is 0. The van der Waals surface area contributed by atoms with Crippen molar-refractivity contribution >= 4 is 10.8 Å². The third-order valence-corrected chi connectivity index (χ3v) is 6.54. The van der Waals surface area contributed by atoms with Crippen LogP contribution in [-0.2, 0) is 6.42 Å². The van der Waals surface area contributed by atoms with Crippen LogP contribution in [0.25, 0.3) is 10.8 Å². The van der Waals surface area contributed by atoms with Crippen LogP contribution in [0.3, 0.4) is 0 Å². The van der Waals surface area contributed by atoms with E-state index >= 15 is 0 Å². The van der Waals surface area contributed by atoms with Crippen LogP contribution in [0.15, 0.2) is 85.1 Å². The van der Waals surface area contributed by atoms with Gasteiger partial charge >= 0.3 is 0 Å². The van der Waals surface area contributed by atoms with Crippen molar-refractivity contribution in [3.8, 4) is 17.4 Å². The van der Waals surface area contributed by atoms with Crippen LogP contribution in [-0.4, -0.2) is 34.2 Å². The van der Waals surface area contributed by atoms with Crippen molar-refractivity contribution in [1.82, 2.24) is 9.47 Å². The molecular weight excluding hydrogens is 396 g/mol. The van der Waals surface area contributed by atoms with E-state index in [9.17, 15) is 5.11 Å². The number of aryl methyl sites for hydroxylation is 1. The van der Waals surface area contributed by atoms with Crippen molar-refractivity contribution in [2.24, 2.45) is 0 Å². The van der Waals surface area contributed by atoms with Crippen molar-refractivity contribution < 1.29 is 9.84 Å². The Morgan fingerprint density at radius 3 is 2.38 bits per heavy atom. The Labute approximate surface area is 189 Å². The molecule has 1 N–H and O–H groups in total. The van der Waals surface area contributed by atoms with Crippen molar-refractivity contribution in [3.63, 3.8) is 0 Å². The molecule has 0 saturated carbocycles. The highest BCUT2D eigenvalue weighted by Crippen LogP contribution is 2.34. The topological polar surface area (TPSA) is 37.6 Å². The summed E-state index contributed by atoms with van der Waals surface area (Å²) in [5.41, 5.74) is 1.26. The average molecular weight is 427 g/mol. The van der Waals surface area contributed by atoms with Crippen LogP contribution >= 0.6 is 0 Å². The van der Waals surface area contributed by atoms with Crippen molar-refractivity contribution in [2.45, 2.75) is 31.7 Å². The summed E-state index contributed by atoms with van der Waals surface area (Å²) < 4.78 is 8.19. The summed E-state index contributed by atoms with van der Waals surface area (Å²) in [5.74, 6) is 2.24. The van der Waals surface area contributed by atoms with Crippen LogP contribution in [0.2, 0.25) is 0 Å². The highest BCUT2D eigenvalue weighted by atomic mass is 16.5. The Morgan fingerprint density at radius 2 is 1.56 bits per heavy atom. The molecule has 0 bridgehead atoms. The predicted molar refractivity (Wildman–Crippen MR) is 130 cm³/mol. The minimum Gasteiger partial charge on any atom is -0.494 e. The number of benzene rings is 3.